The van der Waals surface area contributed by atoms with Gasteiger partial charge in [0.2, 0.25) is 0 Å². The number of ether oxygens (including phenoxy) is 4. The van der Waals surface area contributed by atoms with E-state index in [0.29, 0.717) is 19.6 Å². The molecule has 0 aromatic carbocycles. The summed E-state index contributed by atoms with van der Waals surface area (Å²) in [5, 5.41) is 8.52. The topological polar surface area (TPSA) is 74.2 Å². The zero-order valence-corrected chi connectivity index (χ0v) is 12.8. The molecule has 120 valence electrons. The van der Waals surface area contributed by atoms with E-state index in [-0.39, 0.29) is 18.8 Å². The van der Waals surface area contributed by atoms with E-state index in [1.807, 2.05) is 6.92 Å². The first kappa shape index (κ1) is 19.1. The van der Waals surface area contributed by atoms with Crippen molar-refractivity contribution in [2.45, 2.75) is 51.7 Å². The molecule has 0 rings (SSSR count). The molecule has 0 aromatic rings. The van der Waals surface area contributed by atoms with Gasteiger partial charge >= 0.3 is 6.16 Å². The van der Waals surface area contributed by atoms with E-state index in [0.717, 1.165) is 25.9 Å². The Morgan fingerprint density at radius 2 is 1.85 bits per heavy atom. The number of rotatable bonds is 13. The van der Waals surface area contributed by atoms with Crippen molar-refractivity contribution in [2.75, 3.05) is 33.5 Å². The van der Waals surface area contributed by atoms with Gasteiger partial charge in [0.15, 0.2) is 0 Å². The zero-order valence-electron chi connectivity index (χ0n) is 12.8. The lowest BCUT2D eigenvalue weighted by Crippen LogP contribution is -2.28. The highest BCUT2D eigenvalue weighted by atomic mass is 16.7. The molecule has 20 heavy (non-hydrogen) atoms. The Hall–Kier alpha value is -0.850. The van der Waals surface area contributed by atoms with Crippen molar-refractivity contribution in [3.8, 4) is 0 Å². The SMILES string of the molecule is CCCCOC(CC)COC(CCOC)COC(=O)O. The Labute approximate surface area is 121 Å². The molecule has 6 nitrogen and oxygen atoms in total. The van der Waals surface area contributed by atoms with Crippen molar-refractivity contribution in [3.05, 3.63) is 0 Å². The van der Waals surface area contributed by atoms with Crippen molar-refractivity contribution >= 4 is 6.16 Å². The summed E-state index contributed by atoms with van der Waals surface area (Å²) >= 11 is 0. The molecule has 2 unspecified atom stereocenters. The second kappa shape index (κ2) is 13.1. The molecule has 0 bridgehead atoms. The summed E-state index contributed by atoms with van der Waals surface area (Å²) in [5.74, 6) is 0. The van der Waals surface area contributed by atoms with Gasteiger partial charge in [0.1, 0.15) is 6.61 Å². The number of hydrogen-bond donors (Lipinski definition) is 1. The molecular formula is C14H28O6. The van der Waals surface area contributed by atoms with E-state index in [2.05, 4.69) is 11.7 Å². The first-order valence-electron chi connectivity index (χ1n) is 7.21. The van der Waals surface area contributed by atoms with Crippen LogP contribution in [-0.2, 0) is 18.9 Å². The molecule has 0 aliphatic heterocycles. The quantitative estimate of drug-likeness (QED) is 0.415. The van der Waals surface area contributed by atoms with Crippen LogP contribution in [0.2, 0.25) is 0 Å². The van der Waals surface area contributed by atoms with Gasteiger partial charge in [-0.15, -0.1) is 0 Å². The second-order valence-electron chi connectivity index (χ2n) is 4.57. The summed E-state index contributed by atoms with van der Waals surface area (Å²) in [6.07, 6.45) is 2.04. The maximum atomic E-state index is 10.4. The van der Waals surface area contributed by atoms with E-state index in [1.54, 1.807) is 7.11 Å². The van der Waals surface area contributed by atoms with E-state index in [1.165, 1.54) is 0 Å². The van der Waals surface area contributed by atoms with Crippen molar-refractivity contribution in [1.29, 1.82) is 0 Å². The summed E-state index contributed by atoms with van der Waals surface area (Å²) in [5.41, 5.74) is 0. The van der Waals surface area contributed by atoms with Gasteiger partial charge in [0, 0.05) is 26.7 Å². The number of hydrogen-bond acceptors (Lipinski definition) is 5. The highest BCUT2D eigenvalue weighted by molar-refractivity contribution is 5.56. The molecule has 2 atom stereocenters. The van der Waals surface area contributed by atoms with Crippen LogP contribution in [0.1, 0.15) is 39.5 Å². The minimum Gasteiger partial charge on any atom is -0.450 e. The molecule has 0 saturated heterocycles. The molecule has 0 radical (unpaired) electrons. The van der Waals surface area contributed by atoms with Crippen LogP contribution in [0.4, 0.5) is 4.79 Å². The summed E-state index contributed by atoms with van der Waals surface area (Å²) in [6, 6.07) is 0. The van der Waals surface area contributed by atoms with Crippen LogP contribution in [0, 0.1) is 0 Å². The third kappa shape index (κ3) is 11.0. The Kier molecular flexibility index (Phi) is 12.6. The zero-order chi connectivity index (χ0) is 15.2. The third-order valence-corrected chi connectivity index (χ3v) is 2.86. The van der Waals surface area contributed by atoms with Crippen molar-refractivity contribution < 1.29 is 28.8 Å². The van der Waals surface area contributed by atoms with Crippen LogP contribution in [0.15, 0.2) is 0 Å². The fourth-order valence-corrected chi connectivity index (χ4v) is 1.55. The highest BCUT2D eigenvalue weighted by Crippen LogP contribution is 2.06. The molecule has 6 heteroatoms. The molecule has 0 aromatic heterocycles. The van der Waals surface area contributed by atoms with Gasteiger partial charge in [-0.1, -0.05) is 20.3 Å². The summed E-state index contributed by atoms with van der Waals surface area (Å²) in [7, 11) is 1.60. The largest absolute Gasteiger partial charge is 0.505 e. The summed E-state index contributed by atoms with van der Waals surface area (Å²) < 4.78 is 20.9. The second-order valence-corrected chi connectivity index (χ2v) is 4.57. The van der Waals surface area contributed by atoms with E-state index < -0.39 is 6.16 Å². The van der Waals surface area contributed by atoms with Gasteiger partial charge in [0.05, 0.1) is 18.8 Å². The first-order chi connectivity index (χ1) is 9.63. The predicted octanol–water partition coefficient (Wildman–Crippen LogP) is 2.70. The molecule has 0 saturated carbocycles. The van der Waals surface area contributed by atoms with Crippen LogP contribution in [-0.4, -0.2) is 57.0 Å². The van der Waals surface area contributed by atoms with Gasteiger partial charge in [0.25, 0.3) is 0 Å². The predicted molar refractivity (Wildman–Crippen MR) is 75.1 cm³/mol. The van der Waals surface area contributed by atoms with Gasteiger partial charge in [-0.3, -0.25) is 0 Å². The van der Waals surface area contributed by atoms with Crippen LogP contribution >= 0.6 is 0 Å². The standard InChI is InChI=1S/C14H28O6/c1-4-6-8-18-12(5-2)10-19-13(7-9-17-3)11-20-14(15)16/h12-13H,4-11H2,1-3H3,(H,15,16). The monoisotopic (exact) mass is 292 g/mol. The molecule has 0 fully saturated rings. The number of methoxy groups -OCH3 is 1. The number of carbonyl (C=O) groups is 1. The van der Waals surface area contributed by atoms with Crippen LogP contribution in [0.3, 0.4) is 0 Å². The van der Waals surface area contributed by atoms with Crippen LogP contribution in [0.25, 0.3) is 0 Å². The lowest BCUT2D eigenvalue weighted by atomic mass is 10.2. The lowest BCUT2D eigenvalue weighted by Gasteiger charge is -2.21. The van der Waals surface area contributed by atoms with Gasteiger partial charge in [-0.25, -0.2) is 4.79 Å². The van der Waals surface area contributed by atoms with Crippen molar-refractivity contribution in [1.82, 2.24) is 0 Å². The molecular weight excluding hydrogens is 264 g/mol. The fraction of sp³-hybridized carbons (Fsp3) is 0.929. The molecule has 0 spiro atoms. The van der Waals surface area contributed by atoms with E-state index >= 15 is 0 Å². The minimum atomic E-state index is -1.29. The smallest absolute Gasteiger partial charge is 0.450 e. The van der Waals surface area contributed by atoms with Crippen LogP contribution in [0.5, 0.6) is 0 Å². The maximum Gasteiger partial charge on any atom is 0.505 e. The summed E-state index contributed by atoms with van der Waals surface area (Å²) in [6.45, 7) is 5.85. The average Bonchev–Trinajstić information content (AvgIpc) is 2.44. The molecule has 1 N–H and O–H groups in total. The van der Waals surface area contributed by atoms with Gasteiger partial charge < -0.3 is 24.1 Å². The Bertz CT molecular complexity index is 234. The average molecular weight is 292 g/mol. The number of carboxylic acid groups (broad SMARTS) is 1. The molecule has 0 aliphatic carbocycles. The normalized spacial score (nSPS) is 13.9. The van der Waals surface area contributed by atoms with E-state index in [4.69, 9.17) is 19.3 Å². The lowest BCUT2D eigenvalue weighted by molar-refractivity contribution is -0.0711. The number of unbranched alkanes of at least 4 members (excludes halogenated alkanes) is 1. The summed E-state index contributed by atoms with van der Waals surface area (Å²) in [4.78, 5) is 10.4. The van der Waals surface area contributed by atoms with Gasteiger partial charge in [-0.05, 0) is 12.8 Å². The van der Waals surface area contributed by atoms with E-state index in [9.17, 15) is 4.79 Å². The molecule has 0 amide bonds. The van der Waals surface area contributed by atoms with Crippen molar-refractivity contribution in [3.63, 3.8) is 0 Å². The van der Waals surface area contributed by atoms with Crippen molar-refractivity contribution in [2.24, 2.45) is 0 Å². The molecule has 0 aliphatic rings. The van der Waals surface area contributed by atoms with Crippen LogP contribution < -0.4 is 0 Å². The molecule has 0 heterocycles. The Morgan fingerprint density at radius 3 is 2.40 bits per heavy atom. The highest BCUT2D eigenvalue weighted by Gasteiger charge is 2.15. The minimum absolute atomic E-state index is 0.0179. The third-order valence-electron chi connectivity index (χ3n) is 2.86. The van der Waals surface area contributed by atoms with Gasteiger partial charge in [-0.2, -0.15) is 0 Å². The fourth-order valence-electron chi connectivity index (χ4n) is 1.55. The Morgan fingerprint density at radius 1 is 1.10 bits per heavy atom. The maximum absolute atomic E-state index is 10.4. The first-order valence-corrected chi connectivity index (χ1v) is 7.21. The Balaban J connectivity index is 4.01.